The first kappa shape index (κ1) is 29.0. The summed E-state index contributed by atoms with van der Waals surface area (Å²) in [5.74, 6) is -1.04. The van der Waals surface area contributed by atoms with Gasteiger partial charge in [0.2, 0.25) is 5.91 Å². The quantitative estimate of drug-likeness (QED) is 0.307. The fraction of sp³-hybridized carbons (Fsp3) is 0.281. The minimum Gasteiger partial charge on any atom is -0.444 e. The number of amides is 3. The van der Waals surface area contributed by atoms with Gasteiger partial charge in [0.1, 0.15) is 17.7 Å². The van der Waals surface area contributed by atoms with Crippen molar-refractivity contribution in [2.75, 3.05) is 0 Å². The van der Waals surface area contributed by atoms with Gasteiger partial charge in [0.25, 0.3) is 5.91 Å². The lowest BCUT2D eigenvalue weighted by atomic mass is 10.00. The fourth-order valence-corrected chi connectivity index (χ4v) is 3.98. The number of nitrogens with zero attached hydrogens (tertiary/aromatic N) is 1. The Morgan fingerprint density at radius 2 is 1.46 bits per heavy atom. The van der Waals surface area contributed by atoms with Crippen molar-refractivity contribution in [3.8, 4) is 12.5 Å². The van der Waals surface area contributed by atoms with Crippen molar-refractivity contribution in [1.82, 2.24) is 15.5 Å². The lowest BCUT2D eigenvalue weighted by molar-refractivity contribution is -0.138. The molecule has 0 spiro atoms. The minimum absolute atomic E-state index is 0.156. The topological polar surface area (TPSA) is 87.7 Å². The predicted molar refractivity (Wildman–Crippen MR) is 151 cm³/mol. The third-order valence-corrected chi connectivity index (χ3v) is 5.86. The summed E-state index contributed by atoms with van der Waals surface area (Å²) in [5, 5.41) is 5.57. The molecule has 3 aromatic carbocycles. The second-order valence-corrected chi connectivity index (χ2v) is 10.2. The van der Waals surface area contributed by atoms with Crippen LogP contribution in [-0.4, -0.2) is 34.5 Å². The molecule has 0 aliphatic rings. The Hall–Kier alpha value is -4.57. The van der Waals surface area contributed by atoms with E-state index in [1.165, 1.54) is 0 Å². The summed E-state index contributed by atoms with van der Waals surface area (Å²) in [6, 6.07) is 26.2. The second kappa shape index (κ2) is 13.3. The van der Waals surface area contributed by atoms with E-state index in [4.69, 9.17) is 11.2 Å². The van der Waals surface area contributed by atoms with E-state index in [1.807, 2.05) is 79.7 Å². The Morgan fingerprint density at radius 3 is 2.00 bits per heavy atom. The van der Waals surface area contributed by atoms with Crippen LogP contribution in [0.2, 0.25) is 0 Å². The van der Waals surface area contributed by atoms with Gasteiger partial charge in [0.05, 0.1) is 0 Å². The predicted octanol–water partition coefficient (Wildman–Crippen LogP) is 4.91. The standard InChI is InChI=1S/C32H35N3O4/c1-6-35(30(37)27(21-24-13-9-7-10-14-24)34-31(38)39-32(3,4)5)28(26-19-17-23(2)18-20-26)29(36)33-22-25-15-11-8-12-16-25/h1,7-20,27-28H,21-22H2,2-5H3,(H,33,36)(H,34,38). The first-order valence-electron chi connectivity index (χ1n) is 12.8. The number of aryl methyl sites for hydroxylation is 1. The molecule has 0 saturated carbocycles. The van der Waals surface area contributed by atoms with Crippen LogP contribution in [-0.2, 0) is 27.3 Å². The van der Waals surface area contributed by atoms with Crippen LogP contribution < -0.4 is 10.6 Å². The number of terminal acetylenes is 1. The van der Waals surface area contributed by atoms with Crippen molar-refractivity contribution in [2.24, 2.45) is 0 Å². The molecule has 0 bridgehead atoms. The second-order valence-electron chi connectivity index (χ2n) is 10.2. The minimum atomic E-state index is -1.12. The number of carbonyl (C=O) groups excluding carboxylic acids is 3. The molecule has 202 valence electrons. The number of hydrogen-bond acceptors (Lipinski definition) is 4. The monoisotopic (exact) mass is 525 g/mol. The molecular formula is C32H35N3O4. The normalized spacial score (nSPS) is 12.4. The van der Waals surface area contributed by atoms with E-state index in [9.17, 15) is 14.4 Å². The molecule has 3 amide bonds. The Morgan fingerprint density at radius 1 is 0.897 bits per heavy atom. The number of hydrogen-bond donors (Lipinski definition) is 2. The van der Waals surface area contributed by atoms with E-state index in [1.54, 1.807) is 32.9 Å². The zero-order valence-corrected chi connectivity index (χ0v) is 22.8. The molecule has 0 heterocycles. The van der Waals surface area contributed by atoms with Crippen molar-refractivity contribution in [3.05, 3.63) is 107 Å². The van der Waals surface area contributed by atoms with Gasteiger partial charge >= 0.3 is 6.09 Å². The largest absolute Gasteiger partial charge is 0.444 e. The number of nitrogens with one attached hydrogen (secondary N) is 2. The Kier molecular flexibility index (Phi) is 9.88. The first-order valence-corrected chi connectivity index (χ1v) is 12.8. The molecule has 0 radical (unpaired) electrons. The van der Waals surface area contributed by atoms with Gasteiger partial charge in [-0.15, -0.1) is 0 Å². The van der Waals surface area contributed by atoms with Gasteiger partial charge in [0, 0.05) is 19.0 Å². The third kappa shape index (κ3) is 8.75. The fourth-order valence-electron chi connectivity index (χ4n) is 3.98. The van der Waals surface area contributed by atoms with Crippen LogP contribution in [0, 0.1) is 19.4 Å². The molecular weight excluding hydrogens is 490 g/mol. The molecule has 7 heteroatoms. The van der Waals surface area contributed by atoms with E-state index >= 15 is 0 Å². The number of benzene rings is 3. The van der Waals surface area contributed by atoms with E-state index < -0.39 is 35.6 Å². The van der Waals surface area contributed by atoms with E-state index in [2.05, 4.69) is 16.7 Å². The van der Waals surface area contributed by atoms with Gasteiger partial charge in [0.15, 0.2) is 0 Å². The van der Waals surface area contributed by atoms with Gasteiger partial charge in [-0.25, -0.2) is 4.79 Å². The summed E-state index contributed by atoms with van der Waals surface area (Å²) < 4.78 is 5.41. The van der Waals surface area contributed by atoms with E-state index in [-0.39, 0.29) is 13.0 Å². The summed E-state index contributed by atoms with van der Waals surface area (Å²) in [6.45, 7) is 7.40. The van der Waals surface area contributed by atoms with Gasteiger partial charge in [-0.05, 0) is 44.4 Å². The Balaban J connectivity index is 1.94. The maximum absolute atomic E-state index is 14.0. The number of alkyl carbamates (subject to hydrolysis) is 1. The summed E-state index contributed by atoms with van der Waals surface area (Å²) in [4.78, 5) is 41.3. The smallest absolute Gasteiger partial charge is 0.408 e. The average molecular weight is 526 g/mol. The summed E-state index contributed by atoms with van der Waals surface area (Å²) >= 11 is 0. The molecule has 0 fully saturated rings. The van der Waals surface area contributed by atoms with Crippen LogP contribution in [0.25, 0.3) is 0 Å². The summed E-state index contributed by atoms with van der Waals surface area (Å²) in [7, 11) is 0. The number of rotatable bonds is 9. The van der Waals surface area contributed by atoms with Gasteiger partial charge in [-0.1, -0.05) is 96.9 Å². The highest BCUT2D eigenvalue weighted by atomic mass is 16.6. The molecule has 2 N–H and O–H groups in total. The van der Waals surface area contributed by atoms with Crippen molar-refractivity contribution in [3.63, 3.8) is 0 Å². The molecule has 0 aliphatic heterocycles. The average Bonchev–Trinajstić information content (AvgIpc) is 2.90. The highest BCUT2D eigenvalue weighted by molar-refractivity contribution is 5.93. The zero-order valence-electron chi connectivity index (χ0n) is 22.8. The molecule has 7 nitrogen and oxygen atoms in total. The Labute approximate surface area is 230 Å². The van der Waals surface area contributed by atoms with Crippen LogP contribution in [0.1, 0.15) is 49.1 Å². The van der Waals surface area contributed by atoms with Crippen LogP contribution in [0.3, 0.4) is 0 Å². The number of carbonyl (C=O) groups is 3. The maximum Gasteiger partial charge on any atom is 0.408 e. The van der Waals surface area contributed by atoms with Crippen LogP contribution in [0.5, 0.6) is 0 Å². The summed E-state index contributed by atoms with van der Waals surface area (Å²) in [6.07, 6.45) is 5.28. The molecule has 2 unspecified atom stereocenters. The van der Waals surface area contributed by atoms with Gasteiger partial charge in [-0.2, -0.15) is 0 Å². The van der Waals surface area contributed by atoms with Crippen LogP contribution >= 0.6 is 0 Å². The van der Waals surface area contributed by atoms with Crippen molar-refractivity contribution in [1.29, 1.82) is 0 Å². The van der Waals surface area contributed by atoms with Crippen LogP contribution in [0.15, 0.2) is 84.9 Å². The van der Waals surface area contributed by atoms with E-state index in [0.29, 0.717) is 5.56 Å². The Bertz CT molecular complexity index is 1290. The van der Waals surface area contributed by atoms with E-state index in [0.717, 1.165) is 21.6 Å². The SMILES string of the molecule is C#CN(C(=O)C(Cc1ccccc1)NC(=O)OC(C)(C)C)C(C(=O)NCc1ccccc1)c1ccc(C)cc1. The molecule has 0 aliphatic carbocycles. The molecule has 3 aromatic rings. The van der Waals surface area contributed by atoms with Crippen molar-refractivity contribution >= 4 is 17.9 Å². The van der Waals surface area contributed by atoms with Crippen molar-refractivity contribution < 1.29 is 19.1 Å². The van der Waals surface area contributed by atoms with Gasteiger partial charge in [-0.3, -0.25) is 14.5 Å². The highest BCUT2D eigenvalue weighted by Crippen LogP contribution is 2.23. The van der Waals surface area contributed by atoms with Crippen molar-refractivity contribution in [2.45, 2.75) is 58.3 Å². The molecule has 0 aromatic heterocycles. The lowest BCUT2D eigenvalue weighted by Crippen LogP contribution is -2.52. The molecule has 39 heavy (non-hydrogen) atoms. The maximum atomic E-state index is 14.0. The van der Waals surface area contributed by atoms with Crippen LogP contribution in [0.4, 0.5) is 4.79 Å². The summed E-state index contributed by atoms with van der Waals surface area (Å²) in [5.41, 5.74) is 2.49. The molecule has 3 rings (SSSR count). The van der Waals surface area contributed by atoms with Gasteiger partial charge < -0.3 is 15.4 Å². The molecule has 2 atom stereocenters. The highest BCUT2D eigenvalue weighted by Gasteiger charge is 2.36. The first-order chi connectivity index (χ1) is 18.6. The lowest BCUT2D eigenvalue weighted by Gasteiger charge is -2.30. The molecule has 0 saturated heterocycles. The number of ether oxygens (including phenoxy) is 1. The zero-order chi connectivity index (χ0) is 28.4. The third-order valence-electron chi connectivity index (χ3n) is 5.86.